The van der Waals surface area contributed by atoms with E-state index in [-0.39, 0.29) is 12.3 Å². The number of hydrogen-bond acceptors (Lipinski definition) is 4. The number of carbonyl (C=O) groups excluding carboxylic acids is 1. The number of nitrogens with zero attached hydrogens (tertiary/aromatic N) is 1. The Morgan fingerprint density at radius 3 is 2.45 bits per heavy atom. The molecule has 0 aliphatic carbocycles. The summed E-state index contributed by atoms with van der Waals surface area (Å²) >= 11 is 0. The van der Waals surface area contributed by atoms with Crippen molar-refractivity contribution in [3.8, 4) is 0 Å². The number of carbonyl (C=O) groups is 1. The molecule has 1 aromatic carbocycles. The van der Waals surface area contributed by atoms with E-state index in [2.05, 4.69) is 4.72 Å². The lowest BCUT2D eigenvalue weighted by molar-refractivity contribution is 0.127. The fraction of sp³-hybridized carbons (Fsp3) is 0.533. The number of ether oxygens (including phenoxy) is 1. The molecule has 1 aliphatic heterocycles. The molecule has 122 valence electrons. The Hall–Kier alpha value is -1.60. The number of aryl methyl sites for hydroxylation is 1. The van der Waals surface area contributed by atoms with E-state index in [1.165, 1.54) is 0 Å². The smallest absolute Gasteiger partial charge is 0.410 e. The van der Waals surface area contributed by atoms with Gasteiger partial charge in [0.1, 0.15) is 6.61 Å². The van der Waals surface area contributed by atoms with E-state index >= 15 is 0 Å². The Bertz CT molecular complexity index is 638. The second-order valence-corrected chi connectivity index (χ2v) is 7.95. The highest BCUT2D eigenvalue weighted by Crippen LogP contribution is 2.19. The summed E-state index contributed by atoms with van der Waals surface area (Å²) in [4.78, 5) is 13.1. The highest BCUT2D eigenvalue weighted by atomic mass is 32.2. The van der Waals surface area contributed by atoms with Crippen LogP contribution in [0.25, 0.3) is 0 Å². The molecule has 1 N–H and O–H groups in total. The predicted molar refractivity (Wildman–Crippen MR) is 83.9 cm³/mol. The van der Waals surface area contributed by atoms with Crippen LogP contribution in [0.4, 0.5) is 4.79 Å². The van der Waals surface area contributed by atoms with Gasteiger partial charge in [-0.2, -0.15) is 0 Å². The van der Waals surface area contributed by atoms with Crippen molar-refractivity contribution in [1.29, 1.82) is 0 Å². The molecule has 1 fully saturated rings. The van der Waals surface area contributed by atoms with E-state index in [4.69, 9.17) is 4.74 Å². The van der Waals surface area contributed by atoms with Crippen molar-refractivity contribution >= 4 is 16.1 Å². The SMILES string of the molecule is Cc1ccc(CS(=O)(=O)NCC(C)(C)N2CCOC2=O)cc1. The molecule has 0 unspecified atom stereocenters. The molecule has 1 amide bonds. The summed E-state index contributed by atoms with van der Waals surface area (Å²) in [5, 5.41) is 0. The van der Waals surface area contributed by atoms with Crippen LogP contribution in [0.15, 0.2) is 24.3 Å². The van der Waals surface area contributed by atoms with Gasteiger partial charge in [0.05, 0.1) is 17.8 Å². The van der Waals surface area contributed by atoms with Gasteiger partial charge in [-0.05, 0) is 26.3 Å². The maximum Gasteiger partial charge on any atom is 0.410 e. The Balaban J connectivity index is 1.97. The van der Waals surface area contributed by atoms with Crippen molar-refractivity contribution in [1.82, 2.24) is 9.62 Å². The van der Waals surface area contributed by atoms with Crippen molar-refractivity contribution < 1.29 is 17.9 Å². The molecule has 1 aromatic rings. The number of sulfonamides is 1. The van der Waals surface area contributed by atoms with Crippen molar-refractivity contribution in [2.45, 2.75) is 32.1 Å². The minimum Gasteiger partial charge on any atom is -0.448 e. The van der Waals surface area contributed by atoms with Crippen LogP contribution in [0, 0.1) is 6.92 Å². The van der Waals surface area contributed by atoms with Crippen LogP contribution >= 0.6 is 0 Å². The van der Waals surface area contributed by atoms with E-state index in [1.807, 2.05) is 32.9 Å². The van der Waals surface area contributed by atoms with Gasteiger partial charge in [0.25, 0.3) is 0 Å². The Morgan fingerprint density at radius 1 is 1.27 bits per heavy atom. The molecule has 0 spiro atoms. The average molecular weight is 326 g/mol. The van der Waals surface area contributed by atoms with Crippen molar-refractivity contribution in [3.05, 3.63) is 35.4 Å². The fourth-order valence-electron chi connectivity index (χ4n) is 2.28. The number of amides is 1. The molecule has 0 aromatic heterocycles. The van der Waals surface area contributed by atoms with Crippen LogP contribution in [0.5, 0.6) is 0 Å². The van der Waals surface area contributed by atoms with Crippen LogP contribution in [0.1, 0.15) is 25.0 Å². The third-order valence-corrected chi connectivity index (χ3v) is 4.99. The summed E-state index contributed by atoms with van der Waals surface area (Å²) in [5.74, 6) is -0.0756. The number of hydrogen-bond donors (Lipinski definition) is 1. The summed E-state index contributed by atoms with van der Waals surface area (Å²) in [6.45, 7) is 6.55. The number of cyclic esters (lactones) is 1. The lowest BCUT2D eigenvalue weighted by Gasteiger charge is -2.33. The molecule has 0 atom stereocenters. The van der Waals surface area contributed by atoms with E-state index in [0.717, 1.165) is 11.1 Å². The summed E-state index contributed by atoms with van der Waals surface area (Å²) < 4.78 is 31.8. The molecule has 0 bridgehead atoms. The fourth-order valence-corrected chi connectivity index (χ4v) is 3.59. The third kappa shape index (κ3) is 4.20. The van der Waals surface area contributed by atoms with Crippen LogP contribution in [-0.2, 0) is 20.5 Å². The van der Waals surface area contributed by atoms with Crippen molar-refractivity contribution in [2.24, 2.45) is 0 Å². The van der Waals surface area contributed by atoms with Gasteiger partial charge in [0.15, 0.2) is 0 Å². The van der Waals surface area contributed by atoms with Gasteiger partial charge < -0.3 is 4.74 Å². The lowest BCUT2D eigenvalue weighted by atomic mass is 10.0. The van der Waals surface area contributed by atoms with Gasteiger partial charge in [-0.15, -0.1) is 0 Å². The van der Waals surface area contributed by atoms with Gasteiger partial charge in [0.2, 0.25) is 10.0 Å². The number of rotatable bonds is 6. The van der Waals surface area contributed by atoms with Gasteiger partial charge in [-0.1, -0.05) is 29.8 Å². The second kappa shape index (κ2) is 6.26. The molecule has 22 heavy (non-hydrogen) atoms. The zero-order chi connectivity index (χ0) is 16.4. The summed E-state index contributed by atoms with van der Waals surface area (Å²) in [5.41, 5.74) is 1.19. The molecule has 1 saturated heterocycles. The second-order valence-electron chi connectivity index (χ2n) is 6.14. The first-order valence-electron chi connectivity index (χ1n) is 7.17. The summed E-state index contributed by atoms with van der Waals surface area (Å²) in [7, 11) is -3.46. The number of benzene rings is 1. The largest absolute Gasteiger partial charge is 0.448 e. The molecule has 0 radical (unpaired) electrons. The van der Waals surface area contributed by atoms with E-state index in [1.54, 1.807) is 17.0 Å². The van der Waals surface area contributed by atoms with E-state index in [0.29, 0.717) is 13.2 Å². The van der Waals surface area contributed by atoms with E-state index < -0.39 is 21.7 Å². The molecular formula is C15H22N2O4S. The van der Waals surface area contributed by atoms with Gasteiger partial charge in [0, 0.05) is 6.54 Å². The van der Waals surface area contributed by atoms with Crippen LogP contribution in [0.3, 0.4) is 0 Å². The Morgan fingerprint density at radius 2 is 1.91 bits per heavy atom. The molecule has 0 saturated carbocycles. The van der Waals surface area contributed by atoms with Crippen molar-refractivity contribution in [2.75, 3.05) is 19.7 Å². The lowest BCUT2D eigenvalue weighted by Crippen LogP contribution is -2.52. The topological polar surface area (TPSA) is 75.7 Å². The average Bonchev–Trinajstić information content (AvgIpc) is 2.86. The zero-order valence-electron chi connectivity index (χ0n) is 13.1. The molecule has 6 nitrogen and oxygen atoms in total. The number of nitrogens with one attached hydrogen (secondary N) is 1. The van der Waals surface area contributed by atoms with Crippen molar-refractivity contribution in [3.63, 3.8) is 0 Å². The molecule has 1 aliphatic rings. The first-order valence-corrected chi connectivity index (χ1v) is 8.82. The summed E-state index contributed by atoms with van der Waals surface area (Å²) in [6.07, 6.45) is -0.400. The predicted octanol–water partition coefficient (Wildman–Crippen LogP) is 1.65. The minimum atomic E-state index is -3.46. The quantitative estimate of drug-likeness (QED) is 0.862. The zero-order valence-corrected chi connectivity index (χ0v) is 13.9. The maximum atomic E-state index is 12.2. The first kappa shape index (κ1) is 16.8. The van der Waals surface area contributed by atoms with Crippen LogP contribution < -0.4 is 4.72 Å². The van der Waals surface area contributed by atoms with Gasteiger partial charge in [-0.3, -0.25) is 4.90 Å². The summed E-state index contributed by atoms with van der Waals surface area (Å²) in [6, 6.07) is 7.37. The standard InChI is InChI=1S/C15H22N2O4S/c1-12-4-6-13(7-5-12)10-22(19,20)16-11-15(2,3)17-8-9-21-14(17)18/h4-7,16H,8-11H2,1-3H3. The Labute approximate surface area is 131 Å². The van der Waals surface area contributed by atoms with E-state index in [9.17, 15) is 13.2 Å². The Kier molecular flexibility index (Phi) is 4.77. The van der Waals surface area contributed by atoms with Crippen LogP contribution in [0.2, 0.25) is 0 Å². The molecular weight excluding hydrogens is 304 g/mol. The first-order chi connectivity index (χ1) is 10.2. The molecule has 1 heterocycles. The highest BCUT2D eigenvalue weighted by Gasteiger charge is 2.36. The third-order valence-electron chi connectivity index (χ3n) is 3.69. The van der Waals surface area contributed by atoms with Gasteiger partial charge >= 0.3 is 6.09 Å². The van der Waals surface area contributed by atoms with Gasteiger partial charge in [-0.25, -0.2) is 17.9 Å². The normalized spacial score (nSPS) is 16.0. The maximum absolute atomic E-state index is 12.2. The molecule has 2 rings (SSSR count). The van der Waals surface area contributed by atoms with Crippen LogP contribution in [-0.4, -0.2) is 44.6 Å². The molecule has 7 heteroatoms. The monoisotopic (exact) mass is 326 g/mol. The highest BCUT2D eigenvalue weighted by molar-refractivity contribution is 7.88. The minimum absolute atomic E-state index is 0.0756.